The molecule has 1 atom stereocenters. The van der Waals surface area contributed by atoms with Crippen LogP contribution in [-0.4, -0.2) is 15.9 Å². The molecule has 3 fully saturated rings. The van der Waals surface area contributed by atoms with Crippen molar-refractivity contribution in [1.29, 1.82) is 0 Å². The summed E-state index contributed by atoms with van der Waals surface area (Å²) in [6.45, 7) is 0. The van der Waals surface area contributed by atoms with E-state index in [1.54, 1.807) is 0 Å². The summed E-state index contributed by atoms with van der Waals surface area (Å²) in [5.74, 6) is 0.146. The highest BCUT2D eigenvalue weighted by molar-refractivity contribution is 6.11. The first-order valence-electron chi connectivity index (χ1n) is 13.7. The molecular formula is C30H34F3NO2. The Hall–Kier alpha value is -2.21. The van der Waals surface area contributed by atoms with Crippen LogP contribution >= 0.6 is 0 Å². The quantitative estimate of drug-likeness (QED) is 0.439. The van der Waals surface area contributed by atoms with Crippen LogP contribution in [0.4, 0.5) is 13.2 Å². The Kier molecular flexibility index (Phi) is 6.01. The number of carbonyl (C=O) groups excluding carboxylic acids is 1. The van der Waals surface area contributed by atoms with Gasteiger partial charge < -0.3 is 5.11 Å². The van der Waals surface area contributed by atoms with E-state index >= 15 is 0 Å². The number of aliphatic hydroxyl groups excluding tert-OH is 1. The molecule has 0 saturated heterocycles. The second-order valence-corrected chi connectivity index (χ2v) is 11.8. The first-order valence-corrected chi connectivity index (χ1v) is 13.7. The van der Waals surface area contributed by atoms with Gasteiger partial charge in [-0.05, 0) is 80.4 Å². The maximum Gasteiger partial charge on any atom is 0.416 e. The van der Waals surface area contributed by atoms with E-state index in [2.05, 4.69) is 0 Å². The Morgan fingerprint density at radius 2 is 1.50 bits per heavy atom. The molecule has 36 heavy (non-hydrogen) atoms. The van der Waals surface area contributed by atoms with Gasteiger partial charge >= 0.3 is 6.18 Å². The Labute approximate surface area is 210 Å². The van der Waals surface area contributed by atoms with Crippen molar-refractivity contribution >= 4 is 5.78 Å². The molecule has 2 aromatic rings. The summed E-state index contributed by atoms with van der Waals surface area (Å²) in [7, 11) is 0. The molecule has 1 spiro atoms. The number of halogens is 3. The lowest BCUT2D eigenvalue weighted by atomic mass is 9.71. The lowest BCUT2D eigenvalue weighted by Crippen LogP contribution is -2.28. The van der Waals surface area contributed by atoms with Crippen LogP contribution < -0.4 is 0 Å². The number of fused-ring (bicyclic) bond motifs is 1. The monoisotopic (exact) mass is 497 g/mol. The van der Waals surface area contributed by atoms with E-state index in [1.165, 1.54) is 18.6 Å². The van der Waals surface area contributed by atoms with Crippen molar-refractivity contribution in [2.24, 2.45) is 5.41 Å². The maximum atomic E-state index is 14.2. The van der Waals surface area contributed by atoms with Crippen molar-refractivity contribution in [3.05, 3.63) is 63.5 Å². The molecular weight excluding hydrogens is 463 g/mol. The number of rotatable bonds is 4. The third-order valence-corrected chi connectivity index (χ3v) is 9.30. The summed E-state index contributed by atoms with van der Waals surface area (Å²) in [6.07, 6.45) is 8.24. The minimum absolute atomic E-state index is 0.162. The summed E-state index contributed by atoms with van der Waals surface area (Å²) in [5, 5.41) is 11.4. The molecule has 1 heterocycles. The third kappa shape index (κ3) is 4.29. The van der Waals surface area contributed by atoms with Gasteiger partial charge in [0.15, 0.2) is 5.78 Å². The summed E-state index contributed by atoms with van der Waals surface area (Å²) in [6, 6.07) is 4.62. The van der Waals surface area contributed by atoms with Crippen LogP contribution in [-0.2, 0) is 12.6 Å². The third-order valence-electron chi connectivity index (χ3n) is 9.30. The number of hydrogen-bond acceptors (Lipinski definition) is 3. The predicted molar refractivity (Wildman–Crippen MR) is 131 cm³/mol. The fraction of sp³-hybridized carbons (Fsp3) is 0.600. The van der Waals surface area contributed by atoms with Gasteiger partial charge in [0.25, 0.3) is 0 Å². The van der Waals surface area contributed by atoms with E-state index in [9.17, 15) is 23.1 Å². The number of nitrogens with zero attached hydrogens (tertiary/aromatic N) is 1. The smallest absolute Gasteiger partial charge is 0.388 e. The summed E-state index contributed by atoms with van der Waals surface area (Å²) < 4.78 is 39.6. The first-order chi connectivity index (χ1) is 17.3. The normalized spacial score (nSPS) is 24.2. The lowest BCUT2D eigenvalue weighted by Gasteiger charge is -2.36. The highest BCUT2D eigenvalue weighted by Gasteiger charge is 2.50. The van der Waals surface area contributed by atoms with Gasteiger partial charge in [-0.1, -0.05) is 44.2 Å². The minimum atomic E-state index is -4.44. The number of pyridine rings is 1. The van der Waals surface area contributed by atoms with E-state index in [1.807, 2.05) is 0 Å². The van der Waals surface area contributed by atoms with Crippen LogP contribution in [0.2, 0.25) is 0 Å². The van der Waals surface area contributed by atoms with Crippen LogP contribution in [0, 0.1) is 5.41 Å². The second kappa shape index (κ2) is 8.97. The average molecular weight is 498 g/mol. The highest BCUT2D eigenvalue weighted by Crippen LogP contribution is 2.59. The molecule has 0 radical (unpaired) electrons. The molecule has 4 aliphatic rings. The first kappa shape index (κ1) is 24.1. The van der Waals surface area contributed by atoms with Crippen molar-refractivity contribution < 1.29 is 23.1 Å². The predicted octanol–water partition coefficient (Wildman–Crippen LogP) is 7.80. The number of carbonyl (C=O) groups is 1. The molecule has 3 nitrogen and oxygen atoms in total. The van der Waals surface area contributed by atoms with Crippen LogP contribution in [0.1, 0.15) is 139 Å². The number of aromatic nitrogens is 1. The molecule has 0 bridgehead atoms. The number of ketones is 1. The molecule has 3 saturated carbocycles. The zero-order valence-corrected chi connectivity index (χ0v) is 20.7. The minimum Gasteiger partial charge on any atom is -0.388 e. The molecule has 1 aromatic carbocycles. The van der Waals surface area contributed by atoms with Gasteiger partial charge in [0.05, 0.1) is 17.4 Å². The van der Waals surface area contributed by atoms with Crippen molar-refractivity contribution in [3.63, 3.8) is 0 Å². The summed E-state index contributed by atoms with van der Waals surface area (Å²) in [4.78, 5) is 19.4. The fourth-order valence-electron chi connectivity index (χ4n) is 7.20. The fourth-order valence-corrected chi connectivity index (χ4v) is 7.20. The van der Waals surface area contributed by atoms with Crippen LogP contribution in [0.25, 0.3) is 0 Å². The van der Waals surface area contributed by atoms with Crippen LogP contribution in [0.15, 0.2) is 24.3 Å². The molecule has 0 aliphatic heterocycles. The largest absolute Gasteiger partial charge is 0.416 e. The maximum absolute atomic E-state index is 14.2. The average Bonchev–Trinajstić information content (AvgIpc) is 3.37. The number of benzene rings is 1. The highest BCUT2D eigenvalue weighted by atomic mass is 19.4. The topological polar surface area (TPSA) is 50.2 Å². The molecule has 6 rings (SSSR count). The van der Waals surface area contributed by atoms with E-state index in [0.29, 0.717) is 5.56 Å². The molecule has 0 unspecified atom stereocenters. The zero-order valence-electron chi connectivity index (χ0n) is 20.7. The van der Waals surface area contributed by atoms with Gasteiger partial charge in [-0.25, -0.2) is 0 Å². The standard InChI is InChI=1S/C30H34F3NO2/c31-30(32,33)21-12-10-20(11-13-21)28(36)26-24(18-6-2-1-3-7-18)25-22(16-29(14-15-29)17-23(25)35)34-27(26)19-8-4-5-9-19/h10-13,18-19,23,35H,1-9,14-17H2/t23-/m0/s1. The van der Waals surface area contributed by atoms with Gasteiger partial charge in [-0.15, -0.1) is 0 Å². The van der Waals surface area contributed by atoms with Gasteiger partial charge in [0.1, 0.15) is 0 Å². The number of alkyl halides is 3. The summed E-state index contributed by atoms with van der Waals surface area (Å²) >= 11 is 0. The van der Waals surface area contributed by atoms with E-state index < -0.39 is 17.8 Å². The SMILES string of the molecule is O=C(c1ccc(C(F)(F)F)cc1)c1c(C2CCCC2)nc2c(c1C1CCCCC1)[C@@H](O)CC1(CC1)C2. The molecule has 4 aliphatic carbocycles. The van der Waals surface area contributed by atoms with Crippen molar-refractivity contribution in [1.82, 2.24) is 4.98 Å². The van der Waals surface area contributed by atoms with Gasteiger partial charge in [0, 0.05) is 28.3 Å². The van der Waals surface area contributed by atoms with Gasteiger partial charge in [-0.3, -0.25) is 9.78 Å². The van der Waals surface area contributed by atoms with Crippen molar-refractivity contribution in [2.75, 3.05) is 0 Å². The Morgan fingerprint density at radius 3 is 2.11 bits per heavy atom. The zero-order chi connectivity index (χ0) is 25.1. The number of aliphatic hydroxyl groups is 1. The lowest BCUT2D eigenvalue weighted by molar-refractivity contribution is -0.137. The number of hydrogen-bond donors (Lipinski definition) is 1. The Balaban J connectivity index is 1.54. The molecule has 1 N–H and O–H groups in total. The van der Waals surface area contributed by atoms with E-state index in [4.69, 9.17) is 4.98 Å². The van der Waals surface area contributed by atoms with Crippen LogP contribution in [0.5, 0.6) is 0 Å². The van der Waals surface area contributed by atoms with E-state index in [0.717, 1.165) is 112 Å². The van der Waals surface area contributed by atoms with Crippen LogP contribution in [0.3, 0.4) is 0 Å². The molecule has 0 amide bonds. The van der Waals surface area contributed by atoms with Crippen molar-refractivity contribution in [2.45, 2.75) is 108 Å². The van der Waals surface area contributed by atoms with Gasteiger partial charge in [-0.2, -0.15) is 13.2 Å². The van der Waals surface area contributed by atoms with Gasteiger partial charge in [0.2, 0.25) is 0 Å². The van der Waals surface area contributed by atoms with Crippen molar-refractivity contribution in [3.8, 4) is 0 Å². The summed E-state index contributed by atoms with van der Waals surface area (Å²) in [5.41, 5.74) is 3.96. The van der Waals surface area contributed by atoms with E-state index in [-0.39, 0.29) is 28.6 Å². The second-order valence-electron chi connectivity index (χ2n) is 11.8. The molecule has 1 aromatic heterocycles. The Morgan fingerprint density at radius 1 is 0.889 bits per heavy atom. The Bertz CT molecular complexity index is 1150. The molecule has 6 heteroatoms. The molecule has 192 valence electrons.